The van der Waals surface area contributed by atoms with Crippen LogP contribution in [-0.4, -0.2) is 14.7 Å². The molecular formula is C26H22BrFN4S. The van der Waals surface area contributed by atoms with Crippen LogP contribution in [0.25, 0.3) is 5.69 Å². The summed E-state index contributed by atoms with van der Waals surface area (Å²) >= 11 is 9.35. The standard InChI is InChI=1S/C26H22BrFN4S/c1-16-15-22(17(2)31(16)20-12-8-19(28)9-13-20)25-24(23-5-3-4-14-29-23)30-26(33)32(25)21-10-6-18(27)7-11-21/h3-15,24-25H,1-2H3,(H,30,33)/t24-,25-/m1/s1. The first kappa shape index (κ1) is 21.8. The summed E-state index contributed by atoms with van der Waals surface area (Å²) in [6.45, 7) is 4.17. The zero-order valence-electron chi connectivity index (χ0n) is 18.2. The Labute approximate surface area is 206 Å². The number of aromatic nitrogens is 2. The number of hydrogen-bond donors (Lipinski definition) is 1. The zero-order valence-corrected chi connectivity index (χ0v) is 20.6. The number of thiocarbonyl (C=S) groups is 1. The summed E-state index contributed by atoms with van der Waals surface area (Å²) < 4.78 is 16.7. The van der Waals surface area contributed by atoms with Crippen molar-refractivity contribution < 1.29 is 4.39 Å². The number of nitrogens with one attached hydrogen (secondary N) is 1. The Morgan fingerprint density at radius 2 is 1.67 bits per heavy atom. The molecule has 0 spiro atoms. The van der Waals surface area contributed by atoms with E-state index in [-0.39, 0.29) is 17.9 Å². The molecule has 7 heteroatoms. The second-order valence-corrected chi connectivity index (χ2v) is 9.41. The smallest absolute Gasteiger partial charge is 0.174 e. The number of hydrogen-bond acceptors (Lipinski definition) is 2. The monoisotopic (exact) mass is 520 g/mol. The molecule has 0 amide bonds. The minimum Gasteiger partial charge on any atom is -0.351 e. The summed E-state index contributed by atoms with van der Waals surface area (Å²) in [4.78, 5) is 6.80. The molecule has 5 rings (SSSR count). The van der Waals surface area contributed by atoms with E-state index in [0.717, 1.165) is 38.5 Å². The highest BCUT2D eigenvalue weighted by Gasteiger charge is 2.42. The fourth-order valence-electron chi connectivity index (χ4n) is 4.63. The van der Waals surface area contributed by atoms with Gasteiger partial charge in [-0.1, -0.05) is 22.0 Å². The number of halogens is 2. The Kier molecular flexibility index (Phi) is 5.76. The molecule has 1 aliphatic rings. The predicted octanol–water partition coefficient (Wildman–Crippen LogP) is 6.57. The van der Waals surface area contributed by atoms with Crippen molar-refractivity contribution in [3.63, 3.8) is 0 Å². The van der Waals surface area contributed by atoms with Gasteiger partial charge < -0.3 is 14.8 Å². The van der Waals surface area contributed by atoms with Gasteiger partial charge >= 0.3 is 0 Å². The first-order valence-corrected chi connectivity index (χ1v) is 11.8. The fraction of sp³-hybridized carbons (Fsp3) is 0.154. The predicted molar refractivity (Wildman–Crippen MR) is 137 cm³/mol. The number of rotatable bonds is 4. The maximum Gasteiger partial charge on any atom is 0.174 e. The van der Waals surface area contributed by atoms with Gasteiger partial charge in [0, 0.05) is 33.4 Å². The number of aryl methyl sites for hydroxylation is 1. The van der Waals surface area contributed by atoms with E-state index in [1.54, 1.807) is 18.3 Å². The number of nitrogens with zero attached hydrogens (tertiary/aromatic N) is 3. The molecule has 0 saturated carbocycles. The van der Waals surface area contributed by atoms with E-state index in [0.29, 0.717) is 5.11 Å². The maximum absolute atomic E-state index is 13.6. The molecule has 2 atom stereocenters. The lowest BCUT2D eigenvalue weighted by Crippen LogP contribution is -2.29. The third-order valence-electron chi connectivity index (χ3n) is 6.08. The lowest BCUT2D eigenvalue weighted by atomic mass is 9.96. The summed E-state index contributed by atoms with van der Waals surface area (Å²) in [7, 11) is 0. The van der Waals surface area contributed by atoms with Crippen molar-refractivity contribution in [2.24, 2.45) is 0 Å². The Morgan fingerprint density at radius 3 is 2.33 bits per heavy atom. The molecular weight excluding hydrogens is 499 g/mol. The quantitative estimate of drug-likeness (QED) is 0.308. The maximum atomic E-state index is 13.6. The molecule has 2 aromatic carbocycles. The second kappa shape index (κ2) is 8.72. The van der Waals surface area contributed by atoms with Gasteiger partial charge in [-0.15, -0.1) is 0 Å². The first-order chi connectivity index (χ1) is 15.9. The van der Waals surface area contributed by atoms with Crippen molar-refractivity contribution >= 4 is 38.9 Å². The molecule has 33 heavy (non-hydrogen) atoms. The van der Waals surface area contributed by atoms with E-state index in [1.165, 1.54) is 12.1 Å². The molecule has 0 bridgehead atoms. The van der Waals surface area contributed by atoms with Gasteiger partial charge in [0.25, 0.3) is 0 Å². The van der Waals surface area contributed by atoms with Crippen LogP contribution in [0.4, 0.5) is 10.1 Å². The van der Waals surface area contributed by atoms with Gasteiger partial charge in [-0.3, -0.25) is 4.98 Å². The summed E-state index contributed by atoms with van der Waals surface area (Å²) in [5.74, 6) is -0.247. The van der Waals surface area contributed by atoms with Crippen molar-refractivity contribution in [1.82, 2.24) is 14.9 Å². The van der Waals surface area contributed by atoms with Crippen LogP contribution in [0.1, 0.15) is 34.7 Å². The van der Waals surface area contributed by atoms with Gasteiger partial charge in [-0.2, -0.15) is 0 Å². The molecule has 1 N–H and O–H groups in total. The van der Waals surface area contributed by atoms with Crippen LogP contribution in [0.5, 0.6) is 0 Å². The SMILES string of the molecule is Cc1cc([C@@H]2[C@@H](c3ccccn3)NC(=S)N2c2ccc(Br)cc2)c(C)n1-c1ccc(F)cc1. The van der Waals surface area contributed by atoms with E-state index in [4.69, 9.17) is 12.2 Å². The molecule has 0 aliphatic carbocycles. The molecule has 1 saturated heterocycles. The molecule has 3 heterocycles. The Balaban J connectivity index is 1.67. The Morgan fingerprint density at radius 1 is 0.970 bits per heavy atom. The third-order valence-corrected chi connectivity index (χ3v) is 6.92. The molecule has 4 aromatic rings. The van der Waals surface area contributed by atoms with Crippen molar-refractivity contribution in [3.05, 3.63) is 112 Å². The lowest BCUT2D eigenvalue weighted by molar-refractivity contribution is 0.565. The average molecular weight is 521 g/mol. The first-order valence-electron chi connectivity index (χ1n) is 10.6. The largest absolute Gasteiger partial charge is 0.351 e. The Hall–Kier alpha value is -3.03. The van der Waals surface area contributed by atoms with Crippen molar-refractivity contribution in [3.8, 4) is 5.69 Å². The van der Waals surface area contributed by atoms with Crippen LogP contribution in [0, 0.1) is 19.7 Å². The van der Waals surface area contributed by atoms with Crippen molar-refractivity contribution in [2.75, 3.05) is 4.90 Å². The minimum absolute atomic E-state index is 0.103. The molecule has 0 unspecified atom stereocenters. The van der Waals surface area contributed by atoms with Crippen LogP contribution in [0.15, 0.2) is 83.5 Å². The van der Waals surface area contributed by atoms with E-state index >= 15 is 0 Å². The summed E-state index contributed by atoms with van der Waals surface area (Å²) in [6, 6.07) is 22.7. The number of pyridine rings is 1. The summed E-state index contributed by atoms with van der Waals surface area (Å²) in [5, 5.41) is 4.17. The summed E-state index contributed by atoms with van der Waals surface area (Å²) in [5.41, 5.74) is 6.15. The molecule has 4 nitrogen and oxygen atoms in total. The highest BCUT2D eigenvalue weighted by atomic mass is 79.9. The topological polar surface area (TPSA) is 33.1 Å². The van der Waals surface area contributed by atoms with Crippen molar-refractivity contribution in [1.29, 1.82) is 0 Å². The highest BCUT2D eigenvalue weighted by molar-refractivity contribution is 9.10. The fourth-order valence-corrected chi connectivity index (χ4v) is 5.24. The van der Waals surface area contributed by atoms with Crippen LogP contribution in [0.3, 0.4) is 0 Å². The van der Waals surface area contributed by atoms with Crippen LogP contribution < -0.4 is 10.2 Å². The summed E-state index contributed by atoms with van der Waals surface area (Å²) in [6.07, 6.45) is 1.81. The molecule has 1 aliphatic heterocycles. The second-order valence-electron chi connectivity index (χ2n) is 8.11. The lowest BCUT2D eigenvalue weighted by Gasteiger charge is -2.28. The van der Waals surface area contributed by atoms with Gasteiger partial charge in [0.1, 0.15) is 5.82 Å². The zero-order chi connectivity index (χ0) is 23.1. The van der Waals surface area contributed by atoms with E-state index in [2.05, 4.69) is 67.7 Å². The van der Waals surface area contributed by atoms with Crippen LogP contribution >= 0.6 is 28.1 Å². The van der Waals surface area contributed by atoms with Gasteiger partial charge in [-0.25, -0.2) is 4.39 Å². The van der Waals surface area contributed by atoms with Crippen LogP contribution in [0.2, 0.25) is 0 Å². The molecule has 0 radical (unpaired) electrons. The van der Waals surface area contributed by atoms with E-state index in [1.807, 2.05) is 30.3 Å². The molecule has 1 fully saturated rings. The van der Waals surface area contributed by atoms with E-state index < -0.39 is 0 Å². The van der Waals surface area contributed by atoms with Gasteiger partial charge in [0.2, 0.25) is 0 Å². The average Bonchev–Trinajstić information content (AvgIpc) is 3.31. The van der Waals surface area contributed by atoms with E-state index in [9.17, 15) is 4.39 Å². The highest BCUT2D eigenvalue weighted by Crippen LogP contribution is 2.43. The van der Waals surface area contributed by atoms with Gasteiger partial charge in [-0.05, 0) is 98.4 Å². The minimum atomic E-state index is -0.247. The third kappa shape index (κ3) is 3.96. The number of anilines is 1. The van der Waals surface area contributed by atoms with Crippen LogP contribution in [-0.2, 0) is 0 Å². The van der Waals surface area contributed by atoms with Gasteiger partial charge in [0.15, 0.2) is 5.11 Å². The molecule has 2 aromatic heterocycles. The van der Waals surface area contributed by atoms with Gasteiger partial charge in [0.05, 0.1) is 17.8 Å². The normalized spacial score (nSPS) is 17.9. The molecule has 166 valence electrons. The Bertz CT molecular complexity index is 1300. The van der Waals surface area contributed by atoms with Crippen molar-refractivity contribution in [2.45, 2.75) is 25.9 Å². The number of benzene rings is 2.